The van der Waals surface area contributed by atoms with Gasteiger partial charge in [0, 0.05) is 17.3 Å². The van der Waals surface area contributed by atoms with E-state index in [2.05, 4.69) is 11.9 Å². The fourth-order valence-corrected chi connectivity index (χ4v) is 1.76. The highest BCUT2D eigenvalue weighted by molar-refractivity contribution is 6.04. The third kappa shape index (κ3) is 3.27. The van der Waals surface area contributed by atoms with Crippen molar-refractivity contribution in [1.82, 2.24) is 0 Å². The minimum Gasteiger partial charge on any atom is -0.507 e. The van der Waals surface area contributed by atoms with Crippen molar-refractivity contribution in [3.63, 3.8) is 0 Å². The van der Waals surface area contributed by atoms with Crippen molar-refractivity contribution in [3.05, 3.63) is 65.7 Å². The first kappa shape index (κ1) is 14.3. The Hall–Kier alpha value is -3.08. The molecule has 3 N–H and O–H groups in total. The number of carbonyl (C=O) groups is 2. The Bertz CT molecular complexity index is 705. The largest absolute Gasteiger partial charge is 0.507 e. The van der Waals surface area contributed by atoms with E-state index in [0.717, 1.165) is 5.56 Å². The molecule has 0 fully saturated rings. The molecule has 0 spiro atoms. The van der Waals surface area contributed by atoms with Crippen molar-refractivity contribution in [2.75, 3.05) is 5.32 Å². The van der Waals surface area contributed by atoms with Gasteiger partial charge in [-0.05, 0) is 29.8 Å². The second-order valence-corrected chi connectivity index (χ2v) is 4.32. The minimum atomic E-state index is -1.23. The lowest BCUT2D eigenvalue weighted by Crippen LogP contribution is -2.12. The topological polar surface area (TPSA) is 86.6 Å². The Kier molecular flexibility index (Phi) is 4.04. The molecular weight excluding hydrogens is 270 g/mol. The first-order valence-corrected chi connectivity index (χ1v) is 6.11. The van der Waals surface area contributed by atoms with Crippen molar-refractivity contribution in [3.8, 4) is 5.75 Å². The van der Waals surface area contributed by atoms with Crippen molar-refractivity contribution in [2.24, 2.45) is 0 Å². The van der Waals surface area contributed by atoms with Crippen LogP contribution in [0, 0.1) is 0 Å². The summed E-state index contributed by atoms with van der Waals surface area (Å²) in [6, 6.07) is 10.7. The zero-order chi connectivity index (χ0) is 15.4. The Morgan fingerprint density at radius 3 is 2.29 bits per heavy atom. The summed E-state index contributed by atoms with van der Waals surface area (Å²) in [4.78, 5) is 22.8. The third-order valence-corrected chi connectivity index (χ3v) is 2.89. The molecule has 0 saturated carbocycles. The fraction of sp³-hybridized carbons (Fsp3) is 0. The summed E-state index contributed by atoms with van der Waals surface area (Å²) in [5.41, 5.74) is 1.44. The summed E-state index contributed by atoms with van der Waals surface area (Å²) in [6.07, 6.45) is 1.67. The lowest BCUT2D eigenvalue weighted by Gasteiger charge is -2.07. The molecule has 1 amide bonds. The highest BCUT2D eigenvalue weighted by Gasteiger charge is 2.11. The highest BCUT2D eigenvalue weighted by atomic mass is 16.4. The summed E-state index contributed by atoms with van der Waals surface area (Å²) < 4.78 is 0. The van der Waals surface area contributed by atoms with Crippen LogP contribution in [-0.4, -0.2) is 22.1 Å². The number of carbonyl (C=O) groups excluding carboxylic acids is 1. The molecule has 2 aromatic rings. The molecule has 0 atom stereocenters. The van der Waals surface area contributed by atoms with Crippen LogP contribution in [0.2, 0.25) is 0 Å². The predicted molar refractivity (Wildman–Crippen MR) is 79.6 cm³/mol. The Morgan fingerprint density at radius 1 is 1.10 bits per heavy atom. The summed E-state index contributed by atoms with van der Waals surface area (Å²) in [6.45, 7) is 3.63. The quantitative estimate of drug-likeness (QED) is 0.805. The summed E-state index contributed by atoms with van der Waals surface area (Å²) in [7, 11) is 0. The summed E-state index contributed by atoms with van der Waals surface area (Å²) in [5, 5.41) is 21.0. The number of phenols is 1. The van der Waals surface area contributed by atoms with Crippen molar-refractivity contribution < 1.29 is 19.8 Å². The number of aromatic hydroxyl groups is 1. The molecule has 0 bridgehead atoms. The Morgan fingerprint density at radius 2 is 1.76 bits per heavy atom. The molecule has 5 heteroatoms. The monoisotopic (exact) mass is 283 g/mol. The van der Waals surface area contributed by atoms with Gasteiger partial charge in [0.15, 0.2) is 0 Å². The molecular formula is C16H13NO4. The van der Waals surface area contributed by atoms with Gasteiger partial charge in [-0.2, -0.15) is 0 Å². The number of aromatic carboxylic acids is 1. The zero-order valence-electron chi connectivity index (χ0n) is 11.0. The molecule has 0 radical (unpaired) electrons. The van der Waals surface area contributed by atoms with Gasteiger partial charge in [-0.15, -0.1) is 0 Å². The van der Waals surface area contributed by atoms with E-state index in [0.29, 0.717) is 11.3 Å². The number of amides is 1. The SMILES string of the molecule is C=Cc1ccc(C(=O)Nc2ccc(C(=O)O)c(O)c2)cc1. The van der Waals surface area contributed by atoms with Crippen LogP contribution in [0.1, 0.15) is 26.3 Å². The van der Waals surface area contributed by atoms with Crippen LogP contribution in [0.5, 0.6) is 5.75 Å². The number of hydrogen-bond donors (Lipinski definition) is 3. The number of rotatable bonds is 4. The van der Waals surface area contributed by atoms with Crippen LogP contribution in [-0.2, 0) is 0 Å². The van der Waals surface area contributed by atoms with Gasteiger partial charge in [0.2, 0.25) is 0 Å². The second kappa shape index (κ2) is 5.92. The van der Waals surface area contributed by atoms with E-state index >= 15 is 0 Å². The van der Waals surface area contributed by atoms with E-state index in [1.807, 2.05) is 0 Å². The van der Waals surface area contributed by atoms with Gasteiger partial charge in [0.25, 0.3) is 5.91 Å². The smallest absolute Gasteiger partial charge is 0.339 e. The zero-order valence-corrected chi connectivity index (χ0v) is 11.0. The fourth-order valence-electron chi connectivity index (χ4n) is 1.76. The third-order valence-electron chi connectivity index (χ3n) is 2.89. The van der Waals surface area contributed by atoms with Crippen LogP contribution < -0.4 is 5.32 Å². The molecule has 2 rings (SSSR count). The molecule has 0 unspecified atom stereocenters. The number of hydrogen-bond acceptors (Lipinski definition) is 3. The van der Waals surface area contributed by atoms with Gasteiger partial charge in [-0.3, -0.25) is 4.79 Å². The Balaban J connectivity index is 2.17. The van der Waals surface area contributed by atoms with E-state index in [4.69, 9.17) is 5.11 Å². The molecule has 5 nitrogen and oxygen atoms in total. The lowest BCUT2D eigenvalue weighted by molar-refractivity contribution is 0.0693. The molecule has 2 aromatic carbocycles. The van der Waals surface area contributed by atoms with E-state index in [1.165, 1.54) is 18.2 Å². The van der Waals surface area contributed by atoms with Gasteiger partial charge in [-0.1, -0.05) is 24.8 Å². The van der Waals surface area contributed by atoms with Crippen LogP contribution >= 0.6 is 0 Å². The Labute approximate surface area is 121 Å². The maximum Gasteiger partial charge on any atom is 0.339 e. The normalized spacial score (nSPS) is 9.90. The van der Waals surface area contributed by atoms with Crippen LogP contribution in [0.3, 0.4) is 0 Å². The standard InChI is InChI=1S/C16H13NO4/c1-2-10-3-5-11(6-4-10)15(19)17-12-7-8-13(16(20)21)14(18)9-12/h2-9,18H,1H2,(H,17,19)(H,20,21). The number of nitrogens with one attached hydrogen (secondary N) is 1. The average Bonchev–Trinajstić information content (AvgIpc) is 2.47. The maximum atomic E-state index is 12.0. The summed E-state index contributed by atoms with van der Waals surface area (Å²) in [5.74, 6) is -1.99. The number of carboxylic acid groups (broad SMARTS) is 1. The van der Waals surface area contributed by atoms with Gasteiger partial charge in [0.1, 0.15) is 11.3 Å². The van der Waals surface area contributed by atoms with Crippen molar-refractivity contribution in [2.45, 2.75) is 0 Å². The number of benzene rings is 2. The van der Waals surface area contributed by atoms with Gasteiger partial charge in [-0.25, -0.2) is 4.79 Å². The molecule has 0 aromatic heterocycles. The molecule has 106 valence electrons. The maximum absolute atomic E-state index is 12.0. The average molecular weight is 283 g/mol. The first-order valence-electron chi connectivity index (χ1n) is 6.11. The minimum absolute atomic E-state index is 0.219. The van der Waals surface area contributed by atoms with E-state index < -0.39 is 11.7 Å². The van der Waals surface area contributed by atoms with Crippen LogP contribution in [0.25, 0.3) is 6.08 Å². The van der Waals surface area contributed by atoms with Crippen LogP contribution in [0.15, 0.2) is 49.0 Å². The number of anilines is 1. The van der Waals surface area contributed by atoms with Crippen LogP contribution in [0.4, 0.5) is 5.69 Å². The first-order chi connectivity index (χ1) is 10.0. The highest BCUT2D eigenvalue weighted by Crippen LogP contribution is 2.22. The van der Waals surface area contributed by atoms with Crippen molar-refractivity contribution in [1.29, 1.82) is 0 Å². The van der Waals surface area contributed by atoms with Crippen molar-refractivity contribution >= 4 is 23.6 Å². The van der Waals surface area contributed by atoms with E-state index in [-0.39, 0.29) is 11.5 Å². The van der Waals surface area contributed by atoms with Gasteiger partial charge < -0.3 is 15.5 Å². The molecule has 0 aliphatic heterocycles. The molecule has 0 saturated heterocycles. The number of carboxylic acids is 1. The van der Waals surface area contributed by atoms with E-state index in [1.54, 1.807) is 30.3 Å². The lowest BCUT2D eigenvalue weighted by atomic mass is 10.1. The summed E-state index contributed by atoms with van der Waals surface area (Å²) >= 11 is 0. The van der Waals surface area contributed by atoms with Gasteiger partial charge >= 0.3 is 5.97 Å². The predicted octanol–water partition coefficient (Wildman–Crippen LogP) is 2.99. The molecule has 0 heterocycles. The van der Waals surface area contributed by atoms with Gasteiger partial charge in [0.05, 0.1) is 0 Å². The molecule has 0 aliphatic carbocycles. The van der Waals surface area contributed by atoms with E-state index in [9.17, 15) is 14.7 Å². The molecule has 21 heavy (non-hydrogen) atoms. The molecule has 0 aliphatic rings. The second-order valence-electron chi connectivity index (χ2n) is 4.32.